The van der Waals surface area contributed by atoms with Crippen LogP contribution in [0, 0.1) is 11.6 Å². The molecule has 1 N–H and O–H groups in total. The number of nitrogens with zero attached hydrogens (tertiary/aromatic N) is 2. The summed E-state index contributed by atoms with van der Waals surface area (Å²) in [6.07, 6.45) is 3.16. The van der Waals surface area contributed by atoms with Crippen LogP contribution in [0.5, 0.6) is 0 Å². The third-order valence-electron chi connectivity index (χ3n) is 6.07. The van der Waals surface area contributed by atoms with Gasteiger partial charge in [0.05, 0.1) is 6.54 Å². The first-order valence-electron chi connectivity index (χ1n) is 12.5. The molecule has 0 fully saturated rings. The Morgan fingerprint density at radius 3 is 2.08 bits per heavy atom. The summed E-state index contributed by atoms with van der Waals surface area (Å²) in [6, 6.07) is 19.6. The SMILES string of the molecule is CCCCc1ccc(C(=O)N(Cc2ccc(F)cc2)Cc2nc(C(=O)NCc3ccc(F)cc3)cs2)cc1. The number of unbranched alkanes of at least 4 members (excludes halogenated alkanes) is 1. The summed E-state index contributed by atoms with van der Waals surface area (Å²) in [4.78, 5) is 32.2. The van der Waals surface area contributed by atoms with E-state index >= 15 is 0 Å². The monoisotopic (exact) mass is 533 g/mol. The molecular weight excluding hydrogens is 504 g/mol. The van der Waals surface area contributed by atoms with E-state index in [9.17, 15) is 18.4 Å². The predicted octanol–water partition coefficient (Wildman–Crippen LogP) is 6.54. The number of nitrogens with one attached hydrogen (secondary N) is 1. The molecule has 0 aliphatic heterocycles. The zero-order valence-electron chi connectivity index (χ0n) is 21.1. The number of carbonyl (C=O) groups excluding carboxylic acids is 2. The van der Waals surface area contributed by atoms with Gasteiger partial charge in [0.25, 0.3) is 11.8 Å². The zero-order valence-corrected chi connectivity index (χ0v) is 21.9. The number of carbonyl (C=O) groups is 2. The molecule has 0 aliphatic rings. The molecule has 4 rings (SSSR count). The van der Waals surface area contributed by atoms with Gasteiger partial charge in [0.2, 0.25) is 0 Å². The van der Waals surface area contributed by atoms with E-state index in [1.807, 2.05) is 24.3 Å². The minimum atomic E-state index is -0.351. The van der Waals surface area contributed by atoms with Crippen molar-refractivity contribution in [2.45, 2.75) is 45.8 Å². The molecule has 0 bridgehead atoms. The Kier molecular flexibility index (Phi) is 9.32. The fourth-order valence-electron chi connectivity index (χ4n) is 3.91. The van der Waals surface area contributed by atoms with Crippen molar-refractivity contribution in [2.24, 2.45) is 0 Å². The van der Waals surface area contributed by atoms with E-state index in [4.69, 9.17) is 0 Å². The van der Waals surface area contributed by atoms with Crippen molar-refractivity contribution in [2.75, 3.05) is 0 Å². The van der Waals surface area contributed by atoms with Crippen LogP contribution in [0.3, 0.4) is 0 Å². The van der Waals surface area contributed by atoms with Crippen LogP contribution >= 0.6 is 11.3 Å². The van der Waals surface area contributed by atoms with Gasteiger partial charge in [-0.05, 0) is 65.9 Å². The van der Waals surface area contributed by atoms with Crippen molar-refractivity contribution in [3.8, 4) is 0 Å². The molecule has 5 nitrogen and oxygen atoms in total. The van der Waals surface area contributed by atoms with Crippen LogP contribution in [0.1, 0.15) is 62.3 Å². The Hall–Kier alpha value is -3.91. The minimum absolute atomic E-state index is 0.172. The van der Waals surface area contributed by atoms with Crippen LogP contribution in [0.4, 0.5) is 8.78 Å². The van der Waals surface area contributed by atoms with Gasteiger partial charge < -0.3 is 10.2 Å². The molecular formula is C30H29F2N3O2S. The fourth-order valence-corrected chi connectivity index (χ4v) is 4.70. The number of hydrogen-bond donors (Lipinski definition) is 1. The van der Waals surface area contributed by atoms with E-state index in [0.29, 0.717) is 10.6 Å². The largest absolute Gasteiger partial charge is 0.347 e. The average molecular weight is 534 g/mol. The van der Waals surface area contributed by atoms with E-state index < -0.39 is 0 Å². The summed E-state index contributed by atoms with van der Waals surface area (Å²) in [5.74, 6) is -1.20. The van der Waals surface area contributed by atoms with Crippen LogP contribution in [-0.4, -0.2) is 21.7 Å². The van der Waals surface area contributed by atoms with Gasteiger partial charge in [-0.15, -0.1) is 11.3 Å². The lowest BCUT2D eigenvalue weighted by molar-refractivity contribution is 0.0730. The van der Waals surface area contributed by atoms with Crippen molar-refractivity contribution in [1.29, 1.82) is 0 Å². The quantitative estimate of drug-likeness (QED) is 0.238. The zero-order chi connectivity index (χ0) is 26.9. The lowest BCUT2D eigenvalue weighted by Crippen LogP contribution is -2.30. The molecule has 38 heavy (non-hydrogen) atoms. The molecule has 0 atom stereocenters. The molecule has 8 heteroatoms. The third kappa shape index (κ3) is 7.55. The summed E-state index contributed by atoms with van der Waals surface area (Å²) in [5, 5.41) is 5.04. The maximum absolute atomic E-state index is 13.5. The molecule has 0 aliphatic carbocycles. The van der Waals surface area contributed by atoms with Gasteiger partial charge in [-0.2, -0.15) is 0 Å². The molecule has 2 amide bonds. The van der Waals surface area contributed by atoms with Crippen molar-refractivity contribution in [3.05, 3.63) is 123 Å². The first-order valence-corrected chi connectivity index (χ1v) is 13.4. The molecule has 0 radical (unpaired) electrons. The van der Waals surface area contributed by atoms with Crippen molar-refractivity contribution in [1.82, 2.24) is 15.2 Å². The first kappa shape index (κ1) is 27.1. The Morgan fingerprint density at radius 2 is 1.45 bits per heavy atom. The predicted molar refractivity (Wildman–Crippen MR) is 145 cm³/mol. The van der Waals surface area contributed by atoms with Crippen LogP contribution in [0.15, 0.2) is 78.2 Å². The van der Waals surface area contributed by atoms with E-state index in [1.165, 1.54) is 41.2 Å². The van der Waals surface area contributed by atoms with E-state index in [2.05, 4.69) is 17.2 Å². The molecule has 0 unspecified atom stereocenters. The number of hydrogen-bond acceptors (Lipinski definition) is 4. The highest BCUT2D eigenvalue weighted by Crippen LogP contribution is 2.19. The summed E-state index contributed by atoms with van der Waals surface area (Å²) in [6.45, 7) is 2.85. The summed E-state index contributed by atoms with van der Waals surface area (Å²) in [5.41, 5.74) is 3.55. The Morgan fingerprint density at radius 1 is 0.842 bits per heavy atom. The fraction of sp³-hybridized carbons (Fsp3) is 0.233. The highest BCUT2D eigenvalue weighted by Gasteiger charge is 2.20. The number of amides is 2. The van der Waals surface area contributed by atoms with Crippen LogP contribution in [0.25, 0.3) is 0 Å². The Balaban J connectivity index is 1.47. The van der Waals surface area contributed by atoms with Crippen molar-refractivity contribution < 1.29 is 18.4 Å². The normalized spacial score (nSPS) is 10.8. The highest BCUT2D eigenvalue weighted by atomic mass is 32.1. The van der Waals surface area contributed by atoms with Crippen molar-refractivity contribution >= 4 is 23.2 Å². The van der Waals surface area contributed by atoms with Crippen LogP contribution in [-0.2, 0) is 26.1 Å². The van der Waals surface area contributed by atoms with Gasteiger partial charge in [-0.25, -0.2) is 13.8 Å². The van der Waals surface area contributed by atoms with Gasteiger partial charge in [0.1, 0.15) is 22.3 Å². The highest BCUT2D eigenvalue weighted by molar-refractivity contribution is 7.09. The molecule has 0 spiro atoms. The Labute approximate surface area is 225 Å². The molecule has 0 saturated carbocycles. The standard InChI is InChI=1S/C30H29F2N3O2S/c1-2-3-4-21-5-11-24(12-6-21)30(37)35(18-23-9-15-26(32)16-10-23)19-28-34-27(20-38-28)29(36)33-17-22-7-13-25(31)14-8-22/h5-16,20H,2-4,17-19H2,1H3,(H,33,36). The number of aromatic nitrogens is 1. The first-order chi connectivity index (χ1) is 18.4. The van der Waals surface area contributed by atoms with Gasteiger partial charge >= 0.3 is 0 Å². The van der Waals surface area contributed by atoms with E-state index in [-0.39, 0.29) is 48.8 Å². The number of halogens is 2. The molecule has 4 aromatic rings. The van der Waals surface area contributed by atoms with Gasteiger partial charge in [0, 0.05) is 24.0 Å². The average Bonchev–Trinajstić information content (AvgIpc) is 3.41. The van der Waals surface area contributed by atoms with Gasteiger partial charge in [-0.3, -0.25) is 9.59 Å². The lowest BCUT2D eigenvalue weighted by atomic mass is 10.1. The molecule has 1 aromatic heterocycles. The van der Waals surface area contributed by atoms with Crippen LogP contribution in [0.2, 0.25) is 0 Å². The van der Waals surface area contributed by atoms with Gasteiger partial charge in [0.15, 0.2) is 0 Å². The molecule has 196 valence electrons. The maximum Gasteiger partial charge on any atom is 0.271 e. The summed E-state index contributed by atoms with van der Waals surface area (Å²) < 4.78 is 26.5. The topological polar surface area (TPSA) is 62.3 Å². The van der Waals surface area contributed by atoms with E-state index in [1.54, 1.807) is 34.5 Å². The van der Waals surface area contributed by atoms with Gasteiger partial charge in [-0.1, -0.05) is 49.7 Å². The molecule has 1 heterocycles. The van der Waals surface area contributed by atoms with Crippen molar-refractivity contribution in [3.63, 3.8) is 0 Å². The van der Waals surface area contributed by atoms with E-state index in [0.717, 1.165) is 30.4 Å². The lowest BCUT2D eigenvalue weighted by Gasteiger charge is -2.22. The summed E-state index contributed by atoms with van der Waals surface area (Å²) >= 11 is 1.29. The Bertz CT molecular complexity index is 1350. The number of thiazole rings is 1. The number of benzene rings is 3. The smallest absolute Gasteiger partial charge is 0.271 e. The maximum atomic E-state index is 13.5. The summed E-state index contributed by atoms with van der Waals surface area (Å²) in [7, 11) is 0. The third-order valence-corrected chi connectivity index (χ3v) is 6.90. The second kappa shape index (κ2) is 13.1. The molecule has 0 saturated heterocycles. The molecule has 3 aromatic carbocycles. The minimum Gasteiger partial charge on any atom is -0.347 e. The number of aryl methyl sites for hydroxylation is 1. The second-order valence-electron chi connectivity index (χ2n) is 9.02. The van der Waals surface area contributed by atoms with Crippen LogP contribution < -0.4 is 5.32 Å². The second-order valence-corrected chi connectivity index (χ2v) is 9.97. The number of rotatable bonds is 11.